The summed E-state index contributed by atoms with van der Waals surface area (Å²) in [6.07, 6.45) is 1.05. The van der Waals surface area contributed by atoms with Gasteiger partial charge >= 0.3 is 0 Å². The van der Waals surface area contributed by atoms with Gasteiger partial charge in [0.1, 0.15) is 11.6 Å². The standard InChI is InChI=1S/C27H31ClN6O3/c1-19(35)29-13-14-30-23-17-24(33-26(32-23)20-5-3-2-4-6-20)31-25(36)18-34-15-11-27(37,12-16-34)21-7-9-22(28)10-8-21/h2-10,17,37H,11-16,18H2,1H3,(H,29,35)(H2,30,31,32,33,36). The first kappa shape index (κ1) is 26.5. The summed E-state index contributed by atoms with van der Waals surface area (Å²) in [5, 5.41) is 20.5. The number of aromatic nitrogens is 2. The van der Waals surface area contributed by atoms with E-state index in [0.717, 1.165) is 11.1 Å². The van der Waals surface area contributed by atoms with Crippen LogP contribution >= 0.6 is 11.6 Å². The number of likely N-dealkylation sites (tertiary alicyclic amines) is 1. The zero-order chi connectivity index (χ0) is 26.3. The quantitative estimate of drug-likeness (QED) is 0.318. The third-order valence-corrected chi connectivity index (χ3v) is 6.51. The molecule has 37 heavy (non-hydrogen) atoms. The highest BCUT2D eigenvalue weighted by molar-refractivity contribution is 6.30. The Morgan fingerprint density at radius 1 is 1.00 bits per heavy atom. The van der Waals surface area contributed by atoms with E-state index in [1.807, 2.05) is 47.4 Å². The van der Waals surface area contributed by atoms with Crippen LogP contribution in [0.5, 0.6) is 0 Å². The molecule has 4 N–H and O–H groups in total. The van der Waals surface area contributed by atoms with Crippen LogP contribution in [0.4, 0.5) is 11.6 Å². The van der Waals surface area contributed by atoms with Crippen molar-refractivity contribution in [2.24, 2.45) is 0 Å². The van der Waals surface area contributed by atoms with Crippen LogP contribution < -0.4 is 16.0 Å². The van der Waals surface area contributed by atoms with Crippen LogP contribution in [0, 0.1) is 0 Å². The lowest BCUT2D eigenvalue weighted by molar-refractivity contribution is -0.119. The van der Waals surface area contributed by atoms with Gasteiger partial charge in [0.2, 0.25) is 11.8 Å². The van der Waals surface area contributed by atoms with E-state index in [-0.39, 0.29) is 18.4 Å². The number of hydrogen-bond acceptors (Lipinski definition) is 7. The lowest BCUT2D eigenvalue weighted by atomic mass is 9.84. The zero-order valence-electron chi connectivity index (χ0n) is 20.7. The summed E-state index contributed by atoms with van der Waals surface area (Å²) in [4.78, 5) is 35.1. The van der Waals surface area contributed by atoms with Gasteiger partial charge in [-0.1, -0.05) is 54.1 Å². The van der Waals surface area contributed by atoms with Crippen molar-refractivity contribution in [3.8, 4) is 11.4 Å². The predicted octanol–water partition coefficient (Wildman–Crippen LogP) is 3.27. The molecule has 194 valence electrons. The number of anilines is 2. The highest BCUT2D eigenvalue weighted by Gasteiger charge is 2.34. The van der Waals surface area contributed by atoms with Crippen LogP contribution in [0.15, 0.2) is 60.7 Å². The first-order valence-corrected chi connectivity index (χ1v) is 12.6. The van der Waals surface area contributed by atoms with Crippen LogP contribution in [0.1, 0.15) is 25.3 Å². The topological polar surface area (TPSA) is 119 Å². The molecule has 2 heterocycles. The second-order valence-corrected chi connectivity index (χ2v) is 9.54. The number of carbonyl (C=O) groups excluding carboxylic acids is 2. The van der Waals surface area contributed by atoms with Gasteiger partial charge < -0.3 is 21.1 Å². The van der Waals surface area contributed by atoms with Gasteiger partial charge in [-0.2, -0.15) is 0 Å². The Balaban J connectivity index is 1.38. The fourth-order valence-electron chi connectivity index (χ4n) is 4.26. The summed E-state index contributed by atoms with van der Waals surface area (Å²) < 4.78 is 0. The molecule has 0 bridgehead atoms. The van der Waals surface area contributed by atoms with Gasteiger partial charge in [0.25, 0.3) is 0 Å². The van der Waals surface area contributed by atoms with Gasteiger partial charge in [0, 0.05) is 49.8 Å². The first-order chi connectivity index (χ1) is 17.8. The Hall–Kier alpha value is -3.53. The number of amides is 2. The monoisotopic (exact) mass is 522 g/mol. The molecular weight excluding hydrogens is 492 g/mol. The molecule has 0 atom stereocenters. The third-order valence-electron chi connectivity index (χ3n) is 6.26. The third kappa shape index (κ3) is 7.48. The SMILES string of the molecule is CC(=O)NCCNc1cc(NC(=O)CN2CCC(O)(c3ccc(Cl)cc3)CC2)nc(-c2ccccc2)n1. The molecule has 2 aromatic carbocycles. The van der Waals surface area contributed by atoms with Gasteiger partial charge in [-0.15, -0.1) is 0 Å². The summed E-state index contributed by atoms with van der Waals surface area (Å²) in [7, 11) is 0. The summed E-state index contributed by atoms with van der Waals surface area (Å²) in [5.74, 6) is 1.10. The minimum atomic E-state index is -0.924. The van der Waals surface area contributed by atoms with E-state index in [0.29, 0.717) is 61.5 Å². The lowest BCUT2D eigenvalue weighted by Gasteiger charge is -2.38. The molecule has 1 aliphatic rings. The predicted molar refractivity (Wildman–Crippen MR) is 144 cm³/mol. The van der Waals surface area contributed by atoms with E-state index in [9.17, 15) is 14.7 Å². The Morgan fingerprint density at radius 3 is 2.35 bits per heavy atom. The van der Waals surface area contributed by atoms with E-state index in [1.165, 1.54) is 6.92 Å². The maximum absolute atomic E-state index is 12.9. The van der Waals surface area contributed by atoms with Crippen molar-refractivity contribution >= 4 is 35.1 Å². The number of carbonyl (C=O) groups is 2. The summed E-state index contributed by atoms with van der Waals surface area (Å²) in [5.41, 5.74) is 0.738. The molecule has 1 saturated heterocycles. The Morgan fingerprint density at radius 2 is 1.68 bits per heavy atom. The van der Waals surface area contributed by atoms with Crippen LogP contribution in [0.3, 0.4) is 0 Å². The van der Waals surface area contributed by atoms with Gasteiger partial charge in [0.15, 0.2) is 5.82 Å². The number of halogens is 1. The highest BCUT2D eigenvalue weighted by atomic mass is 35.5. The van der Waals surface area contributed by atoms with Crippen LogP contribution in [-0.2, 0) is 15.2 Å². The van der Waals surface area contributed by atoms with E-state index in [2.05, 4.69) is 25.9 Å². The van der Waals surface area contributed by atoms with Crippen LogP contribution in [-0.4, -0.2) is 64.5 Å². The van der Waals surface area contributed by atoms with E-state index < -0.39 is 5.60 Å². The molecule has 10 heteroatoms. The average Bonchev–Trinajstić information content (AvgIpc) is 2.89. The van der Waals surface area contributed by atoms with Crippen molar-refractivity contribution in [1.29, 1.82) is 0 Å². The van der Waals surface area contributed by atoms with Gasteiger partial charge in [-0.3, -0.25) is 14.5 Å². The highest BCUT2D eigenvalue weighted by Crippen LogP contribution is 2.33. The Kier molecular flexibility index (Phi) is 8.70. The molecule has 1 aliphatic heterocycles. The molecule has 0 spiro atoms. The molecule has 1 fully saturated rings. The number of nitrogens with one attached hydrogen (secondary N) is 3. The number of nitrogens with zero attached hydrogens (tertiary/aromatic N) is 3. The lowest BCUT2D eigenvalue weighted by Crippen LogP contribution is -2.45. The van der Waals surface area contributed by atoms with E-state index >= 15 is 0 Å². The van der Waals surface area contributed by atoms with Crippen molar-refractivity contribution in [2.75, 3.05) is 43.4 Å². The molecule has 9 nitrogen and oxygen atoms in total. The van der Waals surface area contributed by atoms with Crippen molar-refractivity contribution < 1.29 is 14.7 Å². The van der Waals surface area contributed by atoms with Gasteiger partial charge in [0.05, 0.1) is 12.1 Å². The molecule has 4 rings (SSSR count). The normalized spacial score (nSPS) is 15.1. The maximum Gasteiger partial charge on any atom is 0.239 e. The Labute approximate surface area is 221 Å². The summed E-state index contributed by atoms with van der Waals surface area (Å²) >= 11 is 5.98. The van der Waals surface area contributed by atoms with Crippen LogP contribution in [0.2, 0.25) is 5.02 Å². The number of hydrogen-bond donors (Lipinski definition) is 4. The Bertz CT molecular complexity index is 1210. The van der Waals surface area contributed by atoms with E-state index in [4.69, 9.17) is 11.6 Å². The molecule has 2 amide bonds. The molecule has 0 aliphatic carbocycles. The molecular formula is C27H31ClN6O3. The van der Waals surface area contributed by atoms with E-state index in [1.54, 1.807) is 18.2 Å². The molecule has 1 aromatic heterocycles. The molecule has 0 unspecified atom stereocenters. The fourth-order valence-corrected chi connectivity index (χ4v) is 4.39. The second-order valence-electron chi connectivity index (χ2n) is 9.10. The minimum absolute atomic E-state index is 0.105. The minimum Gasteiger partial charge on any atom is -0.385 e. The number of aliphatic hydroxyl groups is 1. The summed E-state index contributed by atoms with van der Waals surface area (Å²) in [6.45, 7) is 3.74. The molecule has 3 aromatic rings. The maximum atomic E-state index is 12.9. The van der Waals surface area contributed by atoms with Crippen LogP contribution in [0.25, 0.3) is 11.4 Å². The van der Waals surface area contributed by atoms with Crippen molar-refractivity contribution in [2.45, 2.75) is 25.4 Å². The van der Waals surface area contributed by atoms with Crippen molar-refractivity contribution in [1.82, 2.24) is 20.2 Å². The molecule has 0 radical (unpaired) electrons. The number of benzene rings is 2. The smallest absolute Gasteiger partial charge is 0.239 e. The van der Waals surface area contributed by atoms with Crippen molar-refractivity contribution in [3.05, 3.63) is 71.2 Å². The number of rotatable bonds is 9. The largest absolute Gasteiger partial charge is 0.385 e. The van der Waals surface area contributed by atoms with Gasteiger partial charge in [-0.25, -0.2) is 9.97 Å². The van der Waals surface area contributed by atoms with Crippen molar-refractivity contribution in [3.63, 3.8) is 0 Å². The summed E-state index contributed by atoms with van der Waals surface area (Å²) in [6, 6.07) is 18.5. The van der Waals surface area contributed by atoms with Gasteiger partial charge in [-0.05, 0) is 30.5 Å². The first-order valence-electron chi connectivity index (χ1n) is 12.2. The second kappa shape index (κ2) is 12.1. The zero-order valence-corrected chi connectivity index (χ0v) is 21.5. The number of piperidine rings is 1. The average molecular weight is 523 g/mol. The molecule has 0 saturated carbocycles. The fraction of sp³-hybridized carbons (Fsp3) is 0.333.